The van der Waals surface area contributed by atoms with Crippen LogP contribution in [0.25, 0.3) is 0 Å². The summed E-state index contributed by atoms with van der Waals surface area (Å²) in [6, 6.07) is 11.9. The number of nitrogens with one attached hydrogen (secondary N) is 2. The monoisotopic (exact) mass is 384 g/mol. The van der Waals surface area contributed by atoms with Crippen molar-refractivity contribution in [2.45, 2.75) is 44.6 Å². The Hall–Kier alpha value is -2.47. The molecule has 0 radical (unpaired) electrons. The smallest absolute Gasteiger partial charge is 0.222 e. The first-order valence-corrected chi connectivity index (χ1v) is 10.2. The van der Waals surface area contributed by atoms with Gasteiger partial charge in [-0.2, -0.15) is 0 Å². The van der Waals surface area contributed by atoms with Crippen LogP contribution < -0.4 is 10.6 Å². The molecule has 5 nitrogen and oxygen atoms in total. The molecule has 0 bridgehead atoms. The van der Waals surface area contributed by atoms with Crippen LogP contribution in [0.5, 0.6) is 0 Å². The quantitative estimate of drug-likeness (QED) is 0.685. The molecule has 2 aromatic rings. The molecular weight excluding hydrogens is 360 g/mol. The average molecular weight is 385 g/mol. The summed E-state index contributed by atoms with van der Waals surface area (Å²) >= 11 is 1.38. The Morgan fingerprint density at radius 2 is 1.85 bits per heavy atom. The van der Waals surface area contributed by atoms with E-state index in [1.165, 1.54) is 22.5 Å². The zero-order valence-corrected chi connectivity index (χ0v) is 16.0. The van der Waals surface area contributed by atoms with E-state index < -0.39 is 0 Å². The summed E-state index contributed by atoms with van der Waals surface area (Å²) < 4.78 is 0. The maximum Gasteiger partial charge on any atom is 0.222 e. The Morgan fingerprint density at radius 3 is 2.67 bits per heavy atom. The number of carbonyl (C=O) groups excluding carboxylic acids is 3. The standard InChI is InChI=1S/C21H24N2O3S/c24-18(19-9-4-14-27-19)10-11-20(25)22-13-12-21(26)23-17-8-3-6-15-5-1-2-7-16(15)17/h1-2,4-5,7,9,14,17H,3,6,8,10-13H2,(H,22,25)(H,23,26)/t17-/m0/s1. The highest BCUT2D eigenvalue weighted by molar-refractivity contribution is 7.12. The number of rotatable bonds is 8. The Bertz CT molecular complexity index is 802. The lowest BCUT2D eigenvalue weighted by molar-refractivity contribution is -0.122. The molecule has 1 aromatic heterocycles. The van der Waals surface area contributed by atoms with Crippen LogP contribution in [0, 0.1) is 0 Å². The largest absolute Gasteiger partial charge is 0.356 e. The van der Waals surface area contributed by atoms with E-state index in [9.17, 15) is 14.4 Å². The third-order valence-electron chi connectivity index (χ3n) is 4.75. The van der Waals surface area contributed by atoms with Crippen molar-refractivity contribution in [2.24, 2.45) is 0 Å². The Balaban J connectivity index is 1.36. The number of aryl methyl sites for hydroxylation is 1. The van der Waals surface area contributed by atoms with E-state index in [1.807, 2.05) is 23.6 Å². The summed E-state index contributed by atoms with van der Waals surface area (Å²) in [6.45, 7) is 0.284. The van der Waals surface area contributed by atoms with Gasteiger partial charge in [-0.3, -0.25) is 14.4 Å². The summed E-state index contributed by atoms with van der Waals surface area (Å²) in [5.74, 6) is -0.281. The van der Waals surface area contributed by atoms with Gasteiger partial charge < -0.3 is 10.6 Å². The van der Waals surface area contributed by atoms with Crippen molar-refractivity contribution >= 4 is 28.9 Å². The lowest BCUT2D eigenvalue weighted by atomic mass is 9.88. The predicted molar refractivity (Wildman–Crippen MR) is 106 cm³/mol. The van der Waals surface area contributed by atoms with Crippen molar-refractivity contribution in [3.63, 3.8) is 0 Å². The number of fused-ring (bicyclic) bond motifs is 1. The van der Waals surface area contributed by atoms with Crippen LogP contribution in [0.1, 0.15) is 58.9 Å². The molecule has 1 atom stereocenters. The van der Waals surface area contributed by atoms with Crippen LogP contribution in [-0.2, 0) is 16.0 Å². The molecule has 0 fully saturated rings. The molecule has 0 saturated heterocycles. The van der Waals surface area contributed by atoms with Crippen LogP contribution in [0.4, 0.5) is 0 Å². The molecule has 6 heteroatoms. The van der Waals surface area contributed by atoms with Crippen molar-refractivity contribution in [2.75, 3.05) is 6.54 Å². The van der Waals surface area contributed by atoms with Gasteiger partial charge in [-0.1, -0.05) is 30.3 Å². The lowest BCUT2D eigenvalue weighted by Gasteiger charge is -2.26. The third-order valence-corrected chi connectivity index (χ3v) is 5.66. The Kier molecular flexibility index (Phi) is 6.76. The van der Waals surface area contributed by atoms with Crippen LogP contribution in [0.3, 0.4) is 0 Å². The summed E-state index contributed by atoms with van der Waals surface area (Å²) in [5, 5.41) is 7.64. The topological polar surface area (TPSA) is 75.3 Å². The molecular formula is C21H24N2O3S. The van der Waals surface area contributed by atoms with E-state index in [0.717, 1.165) is 19.3 Å². The summed E-state index contributed by atoms with van der Waals surface area (Å²) in [4.78, 5) is 36.6. The number of benzene rings is 1. The second-order valence-corrected chi connectivity index (χ2v) is 7.66. The molecule has 0 unspecified atom stereocenters. The van der Waals surface area contributed by atoms with Crippen molar-refractivity contribution < 1.29 is 14.4 Å². The van der Waals surface area contributed by atoms with Gasteiger partial charge in [-0.05, 0) is 41.8 Å². The molecule has 0 aliphatic heterocycles. The first-order chi connectivity index (χ1) is 13.1. The van der Waals surface area contributed by atoms with E-state index in [1.54, 1.807) is 6.07 Å². The fourth-order valence-corrected chi connectivity index (χ4v) is 4.06. The normalized spacial score (nSPS) is 15.6. The van der Waals surface area contributed by atoms with Gasteiger partial charge in [0, 0.05) is 25.8 Å². The molecule has 0 spiro atoms. The number of hydrogen-bond donors (Lipinski definition) is 2. The van der Waals surface area contributed by atoms with Crippen molar-refractivity contribution in [3.05, 3.63) is 57.8 Å². The average Bonchev–Trinajstić information content (AvgIpc) is 3.21. The third kappa shape index (κ3) is 5.50. The van der Waals surface area contributed by atoms with Gasteiger partial charge in [0.15, 0.2) is 5.78 Å². The number of hydrogen-bond acceptors (Lipinski definition) is 4. The number of amides is 2. The molecule has 142 valence electrons. The molecule has 27 heavy (non-hydrogen) atoms. The Labute approximate surface area is 163 Å². The van der Waals surface area contributed by atoms with Gasteiger partial charge in [-0.25, -0.2) is 0 Å². The fourth-order valence-electron chi connectivity index (χ4n) is 3.36. The molecule has 2 N–H and O–H groups in total. The first kappa shape index (κ1) is 19.3. The fraction of sp³-hybridized carbons (Fsp3) is 0.381. The van der Waals surface area contributed by atoms with Gasteiger partial charge in [0.25, 0.3) is 0 Å². The summed E-state index contributed by atoms with van der Waals surface area (Å²) in [7, 11) is 0. The number of carbonyl (C=O) groups is 3. The summed E-state index contributed by atoms with van der Waals surface area (Å²) in [5.41, 5.74) is 2.51. The summed E-state index contributed by atoms with van der Waals surface area (Å²) in [6.07, 6.45) is 3.65. The van der Waals surface area contributed by atoms with Crippen molar-refractivity contribution in [1.29, 1.82) is 0 Å². The van der Waals surface area contributed by atoms with Crippen LogP contribution in [0.15, 0.2) is 41.8 Å². The number of Topliss-reactive ketones (excluding diaryl/α,β-unsaturated/α-hetero) is 1. The van der Waals surface area contributed by atoms with Gasteiger partial charge in [0.2, 0.25) is 11.8 Å². The minimum Gasteiger partial charge on any atom is -0.356 e. The minimum atomic E-state index is -0.198. The van der Waals surface area contributed by atoms with E-state index in [0.29, 0.717) is 4.88 Å². The molecule has 0 saturated carbocycles. The number of thiophene rings is 1. The molecule has 2 amide bonds. The SMILES string of the molecule is O=C(CCC(=O)c1cccs1)NCCC(=O)N[C@H]1CCCc2ccccc21. The minimum absolute atomic E-state index is 0.0196. The lowest BCUT2D eigenvalue weighted by Crippen LogP contribution is -2.34. The predicted octanol–water partition coefficient (Wildman–Crippen LogP) is 3.41. The van der Waals surface area contributed by atoms with Crippen LogP contribution >= 0.6 is 11.3 Å². The van der Waals surface area contributed by atoms with Crippen molar-refractivity contribution in [3.8, 4) is 0 Å². The molecule has 1 aromatic carbocycles. The molecule has 1 aliphatic rings. The van der Waals surface area contributed by atoms with Gasteiger partial charge in [-0.15, -0.1) is 11.3 Å². The van der Waals surface area contributed by atoms with Crippen LogP contribution in [-0.4, -0.2) is 24.1 Å². The zero-order valence-electron chi connectivity index (χ0n) is 15.2. The van der Waals surface area contributed by atoms with E-state index >= 15 is 0 Å². The second kappa shape index (κ2) is 9.46. The van der Waals surface area contributed by atoms with E-state index in [4.69, 9.17) is 0 Å². The highest BCUT2D eigenvalue weighted by Gasteiger charge is 2.21. The van der Waals surface area contributed by atoms with Crippen LogP contribution in [0.2, 0.25) is 0 Å². The van der Waals surface area contributed by atoms with Gasteiger partial charge in [0.05, 0.1) is 10.9 Å². The first-order valence-electron chi connectivity index (χ1n) is 9.34. The highest BCUT2D eigenvalue weighted by Crippen LogP contribution is 2.29. The highest BCUT2D eigenvalue weighted by atomic mass is 32.1. The molecule has 3 rings (SSSR count). The van der Waals surface area contributed by atoms with Gasteiger partial charge >= 0.3 is 0 Å². The number of ketones is 1. The van der Waals surface area contributed by atoms with Gasteiger partial charge in [0.1, 0.15) is 0 Å². The van der Waals surface area contributed by atoms with Crippen molar-refractivity contribution in [1.82, 2.24) is 10.6 Å². The maximum atomic E-state index is 12.2. The van der Waals surface area contributed by atoms with E-state index in [-0.39, 0.29) is 49.4 Å². The maximum absolute atomic E-state index is 12.2. The zero-order chi connectivity index (χ0) is 19.1. The second-order valence-electron chi connectivity index (χ2n) is 6.71. The molecule has 1 heterocycles. The molecule has 1 aliphatic carbocycles. The Morgan fingerprint density at radius 1 is 1.00 bits per heavy atom. The van der Waals surface area contributed by atoms with E-state index in [2.05, 4.69) is 22.8 Å².